The molecule has 0 aliphatic rings. The lowest BCUT2D eigenvalue weighted by atomic mass is 10.2. The highest BCUT2D eigenvalue weighted by molar-refractivity contribution is 7.99. The average molecular weight is 226 g/mol. The monoisotopic (exact) mass is 226 g/mol. The number of nitrogens with two attached hydrogens (primary N) is 1. The Morgan fingerprint density at radius 1 is 1.60 bits per heavy atom. The molecule has 0 heterocycles. The van der Waals surface area contributed by atoms with Crippen molar-refractivity contribution < 1.29 is 4.39 Å². The molecular weight excluding hydrogens is 211 g/mol. The molecule has 2 nitrogen and oxygen atoms in total. The highest BCUT2D eigenvalue weighted by Crippen LogP contribution is 2.22. The minimum Gasteiger partial charge on any atom is -0.271 e. The Kier molecular flexibility index (Phi) is 4.81. The Bertz CT molecular complexity index is 341. The Balaban J connectivity index is 2.56. The molecule has 0 spiro atoms. The van der Waals surface area contributed by atoms with Gasteiger partial charge in [0.1, 0.15) is 5.82 Å². The van der Waals surface area contributed by atoms with E-state index >= 15 is 0 Å². The van der Waals surface area contributed by atoms with Crippen LogP contribution in [-0.2, 0) is 0 Å². The first-order valence-electron chi connectivity index (χ1n) is 4.64. The maximum Gasteiger partial charge on any atom is 0.136 e. The molecule has 0 bridgehead atoms. The highest BCUT2D eigenvalue weighted by atomic mass is 32.2. The van der Waals surface area contributed by atoms with E-state index in [-0.39, 0.29) is 11.9 Å². The number of halogens is 1. The third kappa shape index (κ3) is 3.66. The van der Waals surface area contributed by atoms with Gasteiger partial charge < -0.3 is 0 Å². The summed E-state index contributed by atoms with van der Waals surface area (Å²) in [5, 5.41) is 0. The van der Waals surface area contributed by atoms with Gasteiger partial charge in [0.2, 0.25) is 0 Å². The van der Waals surface area contributed by atoms with Crippen molar-refractivity contribution in [2.45, 2.75) is 17.9 Å². The van der Waals surface area contributed by atoms with Gasteiger partial charge >= 0.3 is 0 Å². The zero-order valence-electron chi connectivity index (χ0n) is 8.66. The Morgan fingerprint density at radius 2 is 2.27 bits per heavy atom. The quantitative estimate of drug-likeness (QED) is 0.350. The Hall–Kier alpha value is -0.840. The Morgan fingerprint density at radius 3 is 2.80 bits per heavy atom. The van der Waals surface area contributed by atoms with Crippen LogP contribution in [0.3, 0.4) is 0 Å². The van der Waals surface area contributed by atoms with Crippen molar-refractivity contribution in [2.75, 3.05) is 5.75 Å². The van der Waals surface area contributed by atoms with Crippen molar-refractivity contribution in [3.63, 3.8) is 0 Å². The Labute approximate surface area is 93.7 Å². The molecule has 1 aromatic carbocycles. The molecule has 15 heavy (non-hydrogen) atoms. The van der Waals surface area contributed by atoms with E-state index < -0.39 is 0 Å². The third-order valence-electron chi connectivity index (χ3n) is 2.04. The van der Waals surface area contributed by atoms with Gasteiger partial charge in [-0.15, -0.1) is 11.8 Å². The number of thioether (sulfide) groups is 1. The molecule has 1 rings (SSSR count). The van der Waals surface area contributed by atoms with Crippen LogP contribution in [0.25, 0.3) is 0 Å². The number of rotatable bonds is 5. The summed E-state index contributed by atoms with van der Waals surface area (Å²) in [7, 11) is 0. The minimum absolute atomic E-state index is 0.00889. The summed E-state index contributed by atoms with van der Waals surface area (Å²) >= 11 is 1.43. The maximum absolute atomic E-state index is 13.3. The molecule has 0 radical (unpaired) electrons. The standard InChI is InChI=1S/C11H15FN2S/c1-8(2)10(14-13)7-15-11-6-4-3-5-9(11)12/h3-6,10,14H,1,7,13H2,2H3. The van der Waals surface area contributed by atoms with E-state index in [0.29, 0.717) is 10.6 Å². The van der Waals surface area contributed by atoms with Crippen molar-refractivity contribution >= 4 is 11.8 Å². The first kappa shape index (κ1) is 12.2. The molecule has 0 amide bonds. The molecule has 0 saturated carbocycles. The fourth-order valence-corrected chi connectivity index (χ4v) is 2.18. The lowest BCUT2D eigenvalue weighted by molar-refractivity contribution is 0.600. The zero-order chi connectivity index (χ0) is 11.3. The van der Waals surface area contributed by atoms with E-state index in [4.69, 9.17) is 5.84 Å². The first-order chi connectivity index (χ1) is 7.15. The molecule has 1 atom stereocenters. The zero-order valence-corrected chi connectivity index (χ0v) is 9.48. The second kappa shape index (κ2) is 5.90. The molecular formula is C11H15FN2S. The third-order valence-corrected chi connectivity index (χ3v) is 3.18. The van der Waals surface area contributed by atoms with E-state index in [2.05, 4.69) is 12.0 Å². The summed E-state index contributed by atoms with van der Waals surface area (Å²) in [6.45, 7) is 5.71. The molecule has 1 unspecified atom stereocenters. The molecule has 0 fully saturated rings. The van der Waals surface area contributed by atoms with Crippen molar-refractivity contribution in [3.05, 3.63) is 42.2 Å². The predicted molar refractivity (Wildman–Crippen MR) is 63.0 cm³/mol. The average Bonchev–Trinajstić information content (AvgIpc) is 2.21. The predicted octanol–water partition coefficient (Wildman–Crippen LogP) is 2.33. The summed E-state index contributed by atoms with van der Waals surface area (Å²) in [5.74, 6) is 5.84. The van der Waals surface area contributed by atoms with Crippen molar-refractivity contribution in [2.24, 2.45) is 5.84 Å². The van der Waals surface area contributed by atoms with Gasteiger partial charge in [0.25, 0.3) is 0 Å². The van der Waals surface area contributed by atoms with Crippen LogP contribution in [0.2, 0.25) is 0 Å². The van der Waals surface area contributed by atoms with Gasteiger partial charge in [-0.1, -0.05) is 24.3 Å². The molecule has 0 aliphatic heterocycles. The van der Waals surface area contributed by atoms with Crippen molar-refractivity contribution in [1.29, 1.82) is 0 Å². The molecule has 0 aliphatic carbocycles. The van der Waals surface area contributed by atoms with E-state index in [1.807, 2.05) is 13.0 Å². The number of nitrogens with one attached hydrogen (secondary N) is 1. The van der Waals surface area contributed by atoms with Crippen LogP contribution >= 0.6 is 11.8 Å². The second-order valence-corrected chi connectivity index (χ2v) is 4.37. The molecule has 4 heteroatoms. The van der Waals surface area contributed by atoms with E-state index in [0.717, 1.165) is 5.57 Å². The van der Waals surface area contributed by atoms with Gasteiger partial charge in [0, 0.05) is 10.6 Å². The van der Waals surface area contributed by atoms with Crippen LogP contribution in [0.4, 0.5) is 4.39 Å². The highest BCUT2D eigenvalue weighted by Gasteiger charge is 2.09. The molecule has 1 aromatic rings. The summed E-state index contributed by atoms with van der Waals surface area (Å²) in [4.78, 5) is 0.638. The van der Waals surface area contributed by atoms with E-state index in [9.17, 15) is 4.39 Å². The number of hydrogen-bond acceptors (Lipinski definition) is 3. The van der Waals surface area contributed by atoms with Crippen LogP contribution in [-0.4, -0.2) is 11.8 Å². The normalized spacial score (nSPS) is 12.5. The first-order valence-corrected chi connectivity index (χ1v) is 5.62. The summed E-state index contributed by atoms with van der Waals surface area (Å²) in [5.41, 5.74) is 3.59. The summed E-state index contributed by atoms with van der Waals surface area (Å²) in [6, 6.07) is 6.71. The molecule has 3 N–H and O–H groups in total. The number of hydrazine groups is 1. The fourth-order valence-electron chi connectivity index (χ4n) is 1.07. The van der Waals surface area contributed by atoms with Crippen molar-refractivity contribution in [1.82, 2.24) is 5.43 Å². The SMILES string of the molecule is C=C(C)C(CSc1ccccc1F)NN. The number of benzene rings is 1. The van der Waals surface area contributed by atoms with Crippen LogP contribution in [0.1, 0.15) is 6.92 Å². The topological polar surface area (TPSA) is 38.0 Å². The lowest BCUT2D eigenvalue weighted by Crippen LogP contribution is -2.37. The van der Waals surface area contributed by atoms with E-state index in [1.54, 1.807) is 12.1 Å². The molecule has 0 saturated heterocycles. The van der Waals surface area contributed by atoms with Crippen LogP contribution in [0.5, 0.6) is 0 Å². The number of hydrogen-bond donors (Lipinski definition) is 2. The van der Waals surface area contributed by atoms with Crippen LogP contribution in [0, 0.1) is 5.82 Å². The largest absolute Gasteiger partial charge is 0.271 e. The lowest BCUT2D eigenvalue weighted by Gasteiger charge is -2.15. The summed E-state index contributed by atoms with van der Waals surface area (Å²) < 4.78 is 13.3. The summed E-state index contributed by atoms with van der Waals surface area (Å²) in [6.07, 6.45) is 0. The van der Waals surface area contributed by atoms with Crippen molar-refractivity contribution in [3.8, 4) is 0 Å². The molecule has 82 valence electrons. The smallest absolute Gasteiger partial charge is 0.136 e. The van der Waals surface area contributed by atoms with Gasteiger partial charge in [-0.05, 0) is 19.1 Å². The maximum atomic E-state index is 13.3. The van der Waals surface area contributed by atoms with Crippen LogP contribution in [0.15, 0.2) is 41.3 Å². The second-order valence-electron chi connectivity index (χ2n) is 3.31. The fraction of sp³-hybridized carbons (Fsp3) is 0.273. The molecule has 0 aromatic heterocycles. The van der Waals surface area contributed by atoms with Gasteiger partial charge in [0.15, 0.2) is 0 Å². The van der Waals surface area contributed by atoms with Gasteiger partial charge in [-0.25, -0.2) is 4.39 Å². The van der Waals surface area contributed by atoms with Gasteiger partial charge in [-0.2, -0.15) is 0 Å². The van der Waals surface area contributed by atoms with E-state index in [1.165, 1.54) is 17.8 Å². The minimum atomic E-state index is -0.194. The van der Waals surface area contributed by atoms with Gasteiger partial charge in [-0.3, -0.25) is 11.3 Å². The van der Waals surface area contributed by atoms with Crippen LogP contribution < -0.4 is 11.3 Å². The van der Waals surface area contributed by atoms with Gasteiger partial charge in [0.05, 0.1) is 6.04 Å².